The van der Waals surface area contributed by atoms with E-state index in [0.29, 0.717) is 5.69 Å². The first-order chi connectivity index (χ1) is 8.90. The quantitative estimate of drug-likeness (QED) is 0.806. The van der Waals surface area contributed by atoms with Gasteiger partial charge in [0.25, 0.3) is 16.0 Å². The lowest BCUT2D eigenvalue weighted by atomic mass is 10.1. The van der Waals surface area contributed by atoms with E-state index in [-0.39, 0.29) is 10.8 Å². The van der Waals surface area contributed by atoms with E-state index in [1.165, 1.54) is 18.5 Å². The second-order valence-corrected chi connectivity index (χ2v) is 5.71. The molecular weight excluding hydrogens is 266 g/mol. The Balaban J connectivity index is 2.40. The molecule has 0 aliphatic carbocycles. The van der Waals surface area contributed by atoms with Crippen molar-refractivity contribution in [2.24, 2.45) is 0 Å². The summed E-state index contributed by atoms with van der Waals surface area (Å²) in [5.41, 5.74) is 7.86. The van der Waals surface area contributed by atoms with Crippen molar-refractivity contribution < 1.29 is 8.42 Å². The van der Waals surface area contributed by atoms with Gasteiger partial charge < -0.3 is 5.73 Å². The molecule has 0 spiro atoms. The Hall–Kier alpha value is -2.22. The highest BCUT2D eigenvalue weighted by Gasteiger charge is 2.17. The van der Waals surface area contributed by atoms with Gasteiger partial charge in [-0.3, -0.25) is 0 Å². The summed E-state index contributed by atoms with van der Waals surface area (Å²) in [6.07, 6.45) is 2.70. The Morgan fingerprint density at radius 3 is 2.53 bits per heavy atom. The van der Waals surface area contributed by atoms with Crippen LogP contribution in [0.5, 0.6) is 0 Å². The largest absolute Gasteiger partial charge is 0.398 e. The van der Waals surface area contributed by atoms with Crippen LogP contribution in [0, 0.1) is 13.8 Å². The van der Waals surface area contributed by atoms with Gasteiger partial charge in [0.05, 0.1) is 17.3 Å². The van der Waals surface area contributed by atoms with Gasteiger partial charge in [0.15, 0.2) is 0 Å². The predicted octanol–water partition coefficient (Wildman–Crippen LogP) is 0.871. The van der Waals surface area contributed by atoms with Crippen LogP contribution < -0.4 is 10.5 Å². The molecule has 0 unspecified atom stereocenters. The summed E-state index contributed by atoms with van der Waals surface area (Å²) >= 11 is 0. The minimum atomic E-state index is -3.77. The number of nitrogens with one attached hydrogen (secondary N) is 1. The molecule has 1 aromatic carbocycles. The lowest BCUT2D eigenvalue weighted by molar-refractivity contribution is 0.600. The number of hydrogen-bond donors (Lipinski definition) is 2. The van der Waals surface area contributed by atoms with Gasteiger partial charge in [0, 0.05) is 5.69 Å². The van der Waals surface area contributed by atoms with E-state index in [9.17, 15) is 8.42 Å². The minimum absolute atomic E-state index is 0.0700. The molecule has 0 saturated heterocycles. The van der Waals surface area contributed by atoms with Crippen LogP contribution in [0.1, 0.15) is 11.1 Å². The summed E-state index contributed by atoms with van der Waals surface area (Å²) in [5, 5.41) is 7.12. The molecule has 3 N–H and O–H groups in total. The number of nitrogens with two attached hydrogens (primary N) is 1. The highest BCUT2D eigenvalue weighted by Crippen LogP contribution is 2.22. The lowest BCUT2D eigenvalue weighted by Crippen LogP contribution is -2.16. The zero-order chi connectivity index (χ0) is 14.0. The topological polar surface area (TPSA) is 111 Å². The normalized spacial score (nSPS) is 11.3. The molecule has 0 fully saturated rings. The van der Waals surface area contributed by atoms with Crippen LogP contribution in [-0.4, -0.2) is 23.6 Å². The van der Waals surface area contributed by atoms with E-state index in [4.69, 9.17) is 5.73 Å². The Labute approximate surface area is 110 Å². The number of aryl methyl sites for hydroxylation is 1. The maximum Gasteiger partial charge on any atom is 0.264 e. The highest BCUT2D eigenvalue weighted by atomic mass is 32.2. The zero-order valence-electron chi connectivity index (χ0n) is 10.5. The van der Waals surface area contributed by atoms with E-state index in [0.717, 1.165) is 11.1 Å². The van der Waals surface area contributed by atoms with Gasteiger partial charge in [-0.05, 0) is 37.1 Å². The first-order valence-electron chi connectivity index (χ1n) is 5.43. The first kappa shape index (κ1) is 13.2. The van der Waals surface area contributed by atoms with Crippen LogP contribution in [0.3, 0.4) is 0 Å². The summed E-state index contributed by atoms with van der Waals surface area (Å²) in [5.74, 6) is -0.0840. The number of nitrogen functional groups attached to an aromatic ring is 1. The number of aromatic nitrogens is 3. The average molecular weight is 279 g/mol. The van der Waals surface area contributed by atoms with Crippen molar-refractivity contribution >= 4 is 21.7 Å². The first-order valence-corrected chi connectivity index (χ1v) is 6.92. The van der Waals surface area contributed by atoms with Gasteiger partial charge in [-0.25, -0.2) is 18.1 Å². The Kier molecular flexibility index (Phi) is 3.34. The van der Waals surface area contributed by atoms with Crippen LogP contribution in [0.4, 0.5) is 11.6 Å². The number of hydrogen-bond acceptors (Lipinski definition) is 6. The smallest absolute Gasteiger partial charge is 0.264 e. The number of sulfonamides is 1. The maximum atomic E-state index is 12.1. The van der Waals surface area contributed by atoms with Crippen LogP contribution in [-0.2, 0) is 10.0 Å². The predicted molar refractivity (Wildman–Crippen MR) is 71.0 cm³/mol. The van der Waals surface area contributed by atoms with Crippen LogP contribution in [0.2, 0.25) is 0 Å². The van der Waals surface area contributed by atoms with Crippen LogP contribution >= 0.6 is 0 Å². The second kappa shape index (κ2) is 4.81. The number of anilines is 2. The van der Waals surface area contributed by atoms with E-state index in [1.54, 1.807) is 13.0 Å². The lowest BCUT2D eigenvalue weighted by Gasteiger charge is -2.10. The summed E-state index contributed by atoms with van der Waals surface area (Å²) in [4.78, 5) is 3.83. The van der Waals surface area contributed by atoms with Gasteiger partial charge in [-0.1, -0.05) is 0 Å². The molecule has 2 aromatic rings. The number of rotatable bonds is 3. The van der Waals surface area contributed by atoms with Crippen molar-refractivity contribution in [3.8, 4) is 0 Å². The molecule has 0 amide bonds. The Bertz CT molecular complexity index is 677. The standard InChI is InChI=1S/C11H13N5O2S/c1-7-5-9(6-10(12)8(7)2)19(17,18)16-11-13-3-4-14-15-11/h3-6H,12H2,1-2H3,(H,13,15,16). The van der Waals surface area contributed by atoms with Crippen molar-refractivity contribution in [3.63, 3.8) is 0 Å². The average Bonchev–Trinajstić information content (AvgIpc) is 2.36. The molecule has 0 radical (unpaired) electrons. The molecule has 8 heteroatoms. The number of benzene rings is 1. The summed E-state index contributed by atoms with van der Waals surface area (Å²) in [6.45, 7) is 3.63. The fourth-order valence-corrected chi connectivity index (χ4v) is 2.55. The molecular formula is C11H13N5O2S. The summed E-state index contributed by atoms with van der Waals surface area (Å²) in [7, 11) is -3.77. The molecule has 1 aromatic heterocycles. The van der Waals surface area contributed by atoms with Crippen LogP contribution in [0.15, 0.2) is 29.4 Å². The fraction of sp³-hybridized carbons (Fsp3) is 0.182. The fourth-order valence-electron chi connectivity index (χ4n) is 1.48. The van der Waals surface area contributed by atoms with Gasteiger partial charge in [-0.15, -0.1) is 5.10 Å². The van der Waals surface area contributed by atoms with Gasteiger partial charge in [0.2, 0.25) is 0 Å². The van der Waals surface area contributed by atoms with Gasteiger partial charge in [0.1, 0.15) is 0 Å². The molecule has 0 aliphatic rings. The van der Waals surface area contributed by atoms with E-state index >= 15 is 0 Å². The third kappa shape index (κ3) is 2.79. The van der Waals surface area contributed by atoms with E-state index in [1.807, 2.05) is 6.92 Å². The maximum absolute atomic E-state index is 12.1. The molecule has 0 atom stereocenters. The molecule has 2 rings (SSSR count). The SMILES string of the molecule is Cc1cc(S(=O)(=O)Nc2nccnn2)cc(N)c1C. The Morgan fingerprint density at radius 1 is 1.21 bits per heavy atom. The third-order valence-electron chi connectivity index (χ3n) is 2.70. The van der Waals surface area contributed by atoms with Crippen molar-refractivity contribution in [1.29, 1.82) is 0 Å². The monoisotopic (exact) mass is 279 g/mol. The molecule has 7 nitrogen and oxygen atoms in total. The van der Waals surface area contributed by atoms with Crippen molar-refractivity contribution in [2.45, 2.75) is 18.7 Å². The minimum Gasteiger partial charge on any atom is -0.398 e. The van der Waals surface area contributed by atoms with Gasteiger partial charge >= 0.3 is 0 Å². The highest BCUT2D eigenvalue weighted by molar-refractivity contribution is 7.92. The van der Waals surface area contributed by atoms with Gasteiger partial charge in [-0.2, -0.15) is 5.10 Å². The number of nitrogens with zero attached hydrogens (tertiary/aromatic N) is 3. The molecule has 0 aliphatic heterocycles. The van der Waals surface area contributed by atoms with Crippen molar-refractivity contribution in [1.82, 2.24) is 15.2 Å². The second-order valence-electron chi connectivity index (χ2n) is 4.03. The Morgan fingerprint density at radius 2 is 1.95 bits per heavy atom. The van der Waals surface area contributed by atoms with Crippen molar-refractivity contribution in [2.75, 3.05) is 10.5 Å². The summed E-state index contributed by atoms with van der Waals surface area (Å²) < 4.78 is 26.5. The zero-order valence-corrected chi connectivity index (χ0v) is 11.3. The molecule has 19 heavy (non-hydrogen) atoms. The van der Waals surface area contributed by atoms with Crippen molar-refractivity contribution in [3.05, 3.63) is 35.7 Å². The summed E-state index contributed by atoms with van der Waals surface area (Å²) in [6, 6.07) is 2.95. The van der Waals surface area contributed by atoms with E-state index in [2.05, 4.69) is 19.9 Å². The molecule has 1 heterocycles. The van der Waals surface area contributed by atoms with Crippen LogP contribution in [0.25, 0.3) is 0 Å². The molecule has 0 saturated carbocycles. The molecule has 0 bridgehead atoms. The molecule has 100 valence electrons. The third-order valence-corrected chi connectivity index (χ3v) is 4.01. The van der Waals surface area contributed by atoms with E-state index < -0.39 is 10.0 Å².